The normalized spacial score (nSPS) is 10.2. The fourth-order valence-electron chi connectivity index (χ4n) is 0.881. The van der Waals surface area contributed by atoms with Gasteiger partial charge in [0, 0.05) is 10.6 Å². The zero-order chi connectivity index (χ0) is 12.7. The molecule has 94 valence electrons. The standard InChI is InChI=1S/C9H10ClNO4S2/c10-7-2-1-6(17-7)4-16-5-8(12)11-15-3-9(13)14/h1-2H,3-5H2,(H,11,12)(H,13,14). The number of carbonyl (C=O) groups excluding carboxylic acids is 1. The molecule has 0 bridgehead atoms. The third-order valence-corrected chi connectivity index (χ3v) is 3.88. The molecule has 0 atom stereocenters. The molecule has 1 aromatic heterocycles. The van der Waals surface area contributed by atoms with Crippen LogP contribution in [0.25, 0.3) is 0 Å². The zero-order valence-electron chi connectivity index (χ0n) is 8.64. The molecule has 1 heterocycles. The van der Waals surface area contributed by atoms with Crippen molar-refractivity contribution in [3.05, 3.63) is 21.3 Å². The Labute approximate surface area is 111 Å². The van der Waals surface area contributed by atoms with Gasteiger partial charge in [-0.3, -0.25) is 9.63 Å². The minimum atomic E-state index is -1.13. The summed E-state index contributed by atoms with van der Waals surface area (Å²) in [6.45, 7) is -0.545. The van der Waals surface area contributed by atoms with E-state index in [1.54, 1.807) is 6.07 Å². The number of hydroxylamine groups is 1. The summed E-state index contributed by atoms with van der Waals surface area (Å²) < 4.78 is 0.717. The summed E-state index contributed by atoms with van der Waals surface area (Å²) in [6.07, 6.45) is 0. The van der Waals surface area contributed by atoms with E-state index >= 15 is 0 Å². The second-order valence-corrected chi connectivity index (χ2v) is 5.69. The number of thiophene rings is 1. The quantitative estimate of drug-likeness (QED) is 0.750. The third kappa shape index (κ3) is 6.52. The molecule has 0 fully saturated rings. The molecule has 0 spiro atoms. The third-order valence-electron chi connectivity index (χ3n) is 1.49. The first-order valence-electron chi connectivity index (χ1n) is 4.52. The van der Waals surface area contributed by atoms with E-state index in [1.807, 2.05) is 11.5 Å². The van der Waals surface area contributed by atoms with Crippen molar-refractivity contribution in [3.63, 3.8) is 0 Å². The number of thioether (sulfide) groups is 1. The lowest BCUT2D eigenvalue weighted by molar-refractivity contribution is -0.148. The SMILES string of the molecule is O=C(O)CONC(=O)CSCc1ccc(Cl)s1. The number of halogens is 1. The van der Waals surface area contributed by atoms with Crippen molar-refractivity contribution in [2.75, 3.05) is 12.4 Å². The van der Waals surface area contributed by atoms with Crippen LogP contribution in [0.2, 0.25) is 4.34 Å². The predicted octanol–water partition coefficient (Wildman–Crippen LogP) is 1.77. The van der Waals surface area contributed by atoms with Gasteiger partial charge in [-0.25, -0.2) is 10.3 Å². The van der Waals surface area contributed by atoms with Gasteiger partial charge in [-0.1, -0.05) is 11.6 Å². The summed E-state index contributed by atoms with van der Waals surface area (Å²) in [5.41, 5.74) is 2.04. The second-order valence-electron chi connectivity index (χ2n) is 2.91. The maximum absolute atomic E-state index is 11.1. The van der Waals surface area contributed by atoms with Crippen LogP contribution in [0.4, 0.5) is 0 Å². The van der Waals surface area contributed by atoms with Crippen LogP contribution < -0.4 is 5.48 Å². The zero-order valence-corrected chi connectivity index (χ0v) is 11.0. The van der Waals surface area contributed by atoms with Crippen LogP contribution in [0.3, 0.4) is 0 Å². The van der Waals surface area contributed by atoms with E-state index in [0.717, 1.165) is 9.21 Å². The molecule has 0 unspecified atom stereocenters. The maximum atomic E-state index is 11.1. The van der Waals surface area contributed by atoms with Gasteiger partial charge < -0.3 is 5.11 Å². The molecule has 5 nitrogen and oxygen atoms in total. The molecule has 2 N–H and O–H groups in total. The Balaban J connectivity index is 2.10. The summed E-state index contributed by atoms with van der Waals surface area (Å²) in [5, 5.41) is 8.26. The molecule has 0 aromatic carbocycles. The highest BCUT2D eigenvalue weighted by molar-refractivity contribution is 7.99. The molecule has 1 rings (SSSR count). The van der Waals surface area contributed by atoms with Crippen molar-refractivity contribution < 1.29 is 19.5 Å². The minimum Gasteiger partial charge on any atom is -0.479 e. The summed E-state index contributed by atoms with van der Waals surface area (Å²) in [7, 11) is 0. The number of carbonyl (C=O) groups is 2. The molecule has 0 saturated carbocycles. The van der Waals surface area contributed by atoms with Crippen LogP contribution in [-0.2, 0) is 20.2 Å². The van der Waals surface area contributed by atoms with Crippen molar-refractivity contribution in [1.29, 1.82) is 0 Å². The van der Waals surface area contributed by atoms with Crippen molar-refractivity contribution in [1.82, 2.24) is 5.48 Å². The van der Waals surface area contributed by atoms with Crippen LogP contribution in [0.5, 0.6) is 0 Å². The number of nitrogens with one attached hydrogen (secondary N) is 1. The van der Waals surface area contributed by atoms with Gasteiger partial charge in [-0.2, -0.15) is 0 Å². The lowest BCUT2D eigenvalue weighted by Crippen LogP contribution is -2.28. The van der Waals surface area contributed by atoms with E-state index in [0.29, 0.717) is 5.75 Å². The fourth-order valence-corrected chi connectivity index (χ4v) is 2.89. The Hall–Kier alpha value is -0.760. The van der Waals surface area contributed by atoms with Crippen molar-refractivity contribution >= 4 is 46.6 Å². The number of carboxylic acids is 1. The molecular weight excluding hydrogens is 286 g/mol. The molecule has 0 aliphatic carbocycles. The molecule has 1 aromatic rings. The van der Waals surface area contributed by atoms with Crippen molar-refractivity contribution in [2.45, 2.75) is 5.75 Å². The largest absolute Gasteiger partial charge is 0.479 e. The summed E-state index contributed by atoms with van der Waals surface area (Å²) in [4.78, 5) is 26.8. The maximum Gasteiger partial charge on any atom is 0.332 e. The van der Waals surface area contributed by atoms with E-state index in [2.05, 4.69) is 4.84 Å². The molecule has 8 heteroatoms. The second kappa shape index (κ2) is 7.54. The molecule has 0 aliphatic heterocycles. The number of hydrogen-bond acceptors (Lipinski definition) is 5. The molecule has 0 radical (unpaired) electrons. The topological polar surface area (TPSA) is 75.6 Å². The Morgan fingerprint density at radius 1 is 1.53 bits per heavy atom. The van der Waals surface area contributed by atoms with E-state index in [4.69, 9.17) is 16.7 Å². The fraction of sp³-hybridized carbons (Fsp3) is 0.333. The van der Waals surface area contributed by atoms with Crippen LogP contribution in [-0.4, -0.2) is 29.3 Å². The Kier molecular flexibility index (Phi) is 6.35. The van der Waals surface area contributed by atoms with Gasteiger partial charge in [-0.15, -0.1) is 23.1 Å². The molecule has 0 saturated heterocycles. The first kappa shape index (κ1) is 14.3. The first-order chi connectivity index (χ1) is 8.08. The highest BCUT2D eigenvalue weighted by Gasteiger charge is 2.04. The number of carboxylic acid groups (broad SMARTS) is 1. The van der Waals surface area contributed by atoms with Gasteiger partial charge in [0.15, 0.2) is 6.61 Å². The summed E-state index contributed by atoms with van der Waals surface area (Å²) in [6, 6.07) is 3.71. The van der Waals surface area contributed by atoms with Crippen LogP contribution in [0.15, 0.2) is 12.1 Å². The molecule has 0 aliphatic rings. The van der Waals surface area contributed by atoms with Gasteiger partial charge in [0.25, 0.3) is 5.91 Å². The molecular formula is C9H10ClNO4S2. The first-order valence-corrected chi connectivity index (χ1v) is 6.87. The Morgan fingerprint density at radius 2 is 2.29 bits per heavy atom. The highest BCUT2D eigenvalue weighted by Crippen LogP contribution is 2.24. The smallest absolute Gasteiger partial charge is 0.332 e. The van der Waals surface area contributed by atoms with Gasteiger partial charge >= 0.3 is 5.97 Å². The lowest BCUT2D eigenvalue weighted by atomic mass is 10.5. The van der Waals surface area contributed by atoms with Gasteiger partial charge in [-0.05, 0) is 12.1 Å². The van der Waals surface area contributed by atoms with Crippen molar-refractivity contribution in [3.8, 4) is 0 Å². The predicted molar refractivity (Wildman–Crippen MR) is 67.2 cm³/mol. The Morgan fingerprint density at radius 3 is 2.88 bits per heavy atom. The van der Waals surface area contributed by atoms with Crippen LogP contribution >= 0.6 is 34.7 Å². The van der Waals surface area contributed by atoms with E-state index in [9.17, 15) is 9.59 Å². The number of rotatable bonds is 7. The minimum absolute atomic E-state index is 0.204. The summed E-state index contributed by atoms with van der Waals surface area (Å²) >= 11 is 8.62. The molecule has 1 amide bonds. The van der Waals surface area contributed by atoms with E-state index < -0.39 is 12.6 Å². The van der Waals surface area contributed by atoms with Gasteiger partial charge in [0.05, 0.1) is 10.1 Å². The molecule has 17 heavy (non-hydrogen) atoms. The van der Waals surface area contributed by atoms with Crippen molar-refractivity contribution in [2.24, 2.45) is 0 Å². The number of hydrogen-bond donors (Lipinski definition) is 2. The number of aliphatic carboxylic acids is 1. The van der Waals surface area contributed by atoms with Gasteiger partial charge in [0.2, 0.25) is 0 Å². The average Bonchev–Trinajstić information content (AvgIpc) is 2.63. The summed E-state index contributed by atoms with van der Waals surface area (Å²) in [5.74, 6) is -0.608. The van der Waals surface area contributed by atoms with E-state index in [-0.39, 0.29) is 11.7 Å². The highest BCUT2D eigenvalue weighted by atomic mass is 35.5. The van der Waals surface area contributed by atoms with E-state index in [1.165, 1.54) is 23.1 Å². The number of amides is 1. The van der Waals surface area contributed by atoms with Crippen LogP contribution in [0.1, 0.15) is 4.88 Å². The average molecular weight is 296 g/mol. The van der Waals surface area contributed by atoms with Crippen LogP contribution in [0, 0.1) is 0 Å². The van der Waals surface area contributed by atoms with Gasteiger partial charge in [0.1, 0.15) is 0 Å². The lowest BCUT2D eigenvalue weighted by Gasteiger charge is -2.02. The monoisotopic (exact) mass is 295 g/mol. The Bertz CT molecular complexity index is 396.